The number of benzene rings is 1. The number of hydrogen-bond donors (Lipinski definition) is 2. The molecule has 0 radical (unpaired) electrons. The number of nitrogens with zero attached hydrogens (tertiary/aromatic N) is 1. The predicted octanol–water partition coefficient (Wildman–Crippen LogP) is 2.74. The number of carbonyl (C=O) groups excluding carboxylic acids is 1. The fraction of sp³-hybridized carbons (Fsp3) is 0.708. The first kappa shape index (κ1) is 24.5. The van der Waals surface area contributed by atoms with E-state index < -0.39 is 11.4 Å². The lowest BCUT2D eigenvalue weighted by Crippen LogP contribution is -2.48. The molecule has 1 aromatic carbocycles. The molecule has 1 heterocycles. The van der Waals surface area contributed by atoms with E-state index in [1.807, 2.05) is 27.8 Å². The van der Waals surface area contributed by atoms with E-state index in [0.717, 1.165) is 32.4 Å². The van der Waals surface area contributed by atoms with Gasteiger partial charge in [-0.2, -0.15) is 0 Å². The van der Waals surface area contributed by atoms with Gasteiger partial charge in [0.1, 0.15) is 4.75 Å². The van der Waals surface area contributed by atoms with Crippen LogP contribution in [0.1, 0.15) is 62.8 Å². The third-order valence-corrected chi connectivity index (χ3v) is 8.30. The van der Waals surface area contributed by atoms with E-state index in [0.29, 0.717) is 26.0 Å². The van der Waals surface area contributed by atoms with Gasteiger partial charge in [0.2, 0.25) is 5.91 Å². The van der Waals surface area contributed by atoms with Crippen molar-refractivity contribution in [2.24, 2.45) is 5.41 Å². The van der Waals surface area contributed by atoms with Crippen molar-refractivity contribution in [3.63, 3.8) is 0 Å². The molecule has 174 valence electrons. The van der Waals surface area contributed by atoms with E-state index in [9.17, 15) is 9.35 Å². The molecule has 1 aliphatic carbocycles. The van der Waals surface area contributed by atoms with Gasteiger partial charge in [0.15, 0.2) is 0 Å². The van der Waals surface area contributed by atoms with Crippen LogP contribution in [0.3, 0.4) is 0 Å². The first-order valence-corrected chi connectivity index (χ1v) is 12.5. The van der Waals surface area contributed by atoms with Crippen molar-refractivity contribution in [1.29, 1.82) is 0 Å². The summed E-state index contributed by atoms with van der Waals surface area (Å²) in [5, 5.41) is 3.48. The Hall–Kier alpha value is -1.12. The number of hydrogen-bond acceptors (Lipinski definition) is 5. The molecule has 2 aliphatic rings. The van der Waals surface area contributed by atoms with E-state index >= 15 is 0 Å². The average Bonchev–Trinajstić information content (AvgIpc) is 3.01. The molecule has 1 aliphatic heterocycles. The minimum absolute atomic E-state index is 0.0877. The minimum Gasteiger partial charge on any atom is -0.598 e. The van der Waals surface area contributed by atoms with Gasteiger partial charge in [-0.1, -0.05) is 18.2 Å². The third-order valence-electron chi connectivity index (χ3n) is 6.74. The molecule has 1 saturated heterocycles. The van der Waals surface area contributed by atoms with Crippen molar-refractivity contribution in [2.75, 3.05) is 40.4 Å². The number of ether oxygens (including phenoxy) is 1. The van der Waals surface area contributed by atoms with Gasteiger partial charge in [0.25, 0.3) is 0 Å². The highest BCUT2D eigenvalue weighted by Crippen LogP contribution is 2.52. The maximum absolute atomic E-state index is 13.0. The van der Waals surface area contributed by atoms with Crippen LogP contribution in [0.4, 0.5) is 0 Å². The lowest BCUT2D eigenvalue weighted by atomic mass is 9.73. The van der Waals surface area contributed by atoms with Crippen LogP contribution in [0.25, 0.3) is 0 Å². The quantitative estimate of drug-likeness (QED) is 0.597. The van der Waals surface area contributed by atoms with Gasteiger partial charge in [-0.25, -0.2) is 0 Å². The minimum atomic E-state index is -1.13. The fourth-order valence-electron chi connectivity index (χ4n) is 4.70. The number of piperidine rings is 1. The zero-order valence-electron chi connectivity index (χ0n) is 19.8. The monoisotopic (exact) mass is 449 g/mol. The van der Waals surface area contributed by atoms with Crippen LogP contribution in [0.2, 0.25) is 0 Å². The van der Waals surface area contributed by atoms with Crippen LogP contribution >= 0.6 is 0 Å². The summed E-state index contributed by atoms with van der Waals surface area (Å²) in [4.78, 5) is 14.2. The highest BCUT2D eigenvalue weighted by Gasteiger charge is 2.49. The van der Waals surface area contributed by atoms with E-state index in [1.165, 1.54) is 16.7 Å². The van der Waals surface area contributed by atoms with Crippen molar-refractivity contribution in [2.45, 2.75) is 63.7 Å². The van der Waals surface area contributed by atoms with Crippen molar-refractivity contribution < 1.29 is 14.1 Å². The molecule has 1 amide bonds. The second-order valence-corrected chi connectivity index (χ2v) is 12.1. The van der Waals surface area contributed by atoms with E-state index in [1.54, 1.807) is 12.0 Å². The van der Waals surface area contributed by atoms with E-state index in [2.05, 4.69) is 28.2 Å². The number of nitrogens with one attached hydrogen (secondary N) is 2. The molecule has 2 N–H and O–H groups in total. The normalized spacial score (nSPS) is 21.2. The Kier molecular flexibility index (Phi) is 8.08. The summed E-state index contributed by atoms with van der Waals surface area (Å²) in [7, 11) is 3.47. The lowest BCUT2D eigenvalue weighted by Gasteiger charge is -2.40. The number of rotatable bonds is 8. The SMILES string of the molecule is COCCN(C)C(=O)CCc1ccc2c(c1)[C@@H](N[S@+]([O-])C(C)(C)C)C1(CCNCC1)C2. The summed E-state index contributed by atoms with van der Waals surface area (Å²) in [6, 6.07) is 6.74. The molecule has 6 nitrogen and oxygen atoms in total. The number of methoxy groups -OCH3 is 1. The molecule has 1 aromatic rings. The summed E-state index contributed by atoms with van der Waals surface area (Å²) >= 11 is -1.13. The molecular weight excluding hydrogens is 410 g/mol. The molecule has 31 heavy (non-hydrogen) atoms. The largest absolute Gasteiger partial charge is 0.598 e. The molecular formula is C24H39N3O3S. The zero-order chi connectivity index (χ0) is 22.6. The molecule has 0 aromatic heterocycles. The van der Waals surface area contributed by atoms with Gasteiger partial charge < -0.3 is 19.5 Å². The zero-order valence-corrected chi connectivity index (χ0v) is 20.6. The van der Waals surface area contributed by atoms with Crippen LogP contribution in [-0.4, -0.2) is 60.5 Å². The second kappa shape index (κ2) is 10.2. The Morgan fingerprint density at radius 3 is 2.71 bits per heavy atom. The van der Waals surface area contributed by atoms with Crippen LogP contribution in [0, 0.1) is 5.41 Å². The number of likely N-dealkylation sites (N-methyl/N-ethyl adjacent to an activating group) is 1. The van der Waals surface area contributed by atoms with Crippen LogP contribution in [0.15, 0.2) is 18.2 Å². The lowest BCUT2D eigenvalue weighted by molar-refractivity contribution is -0.130. The Balaban J connectivity index is 1.77. The number of amides is 1. The fourth-order valence-corrected chi connectivity index (χ4v) is 5.64. The Morgan fingerprint density at radius 1 is 1.35 bits per heavy atom. The number of fused-ring (bicyclic) bond motifs is 1. The summed E-state index contributed by atoms with van der Waals surface area (Å²) in [5.41, 5.74) is 3.92. The van der Waals surface area contributed by atoms with Crippen LogP contribution in [0.5, 0.6) is 0 Å². The Morgan fingerprint density at radius 2 is 2.06 bits per heavy atom. The van der Waals surface area contributed by atoms with Gasteiger partial charge in [0, 0.05) is 43.9 Å². The molecule has 2 atom stereocenters. The Labute approximate surface area is 190 Å². The molecule has 1 fully saturated rings. The second-order valence-electron chi connectivity index (χ2n) is 10.1. The van der Waals surface area contributed by atoms with Gasteiger partial charge in [-0.05, 0) is 76.2 Å². The van der Waals surface area contributed by atoms with Gasteiger partial charge in [0.05, 0.1) is 12.6 Å². The van der Waals surface area contributed by atoms with Crippen molar-refractivity contribution in [1.82, 2.24) is 14.9 Å². The number of carbonyl (C=O) groups is 1. The third kappa shape index (κ3) is 5.82. The number of aryl methyl sites for hydroxylation is 1. The predicted molar refractivity (Wildman–Crippen MR) is 126 cm³/mol. The first-order chi connectivity index (χ1) is 14.7. The Bertz CT molecular complexity index is 759. The standard InChI is InChI=1S/C24H39N3O3S/c1-23(2,3)31(29)26-22-20-16-18(7-9-21(28)27(4)14-15-30-5)6-8-19(20)17-24(22)10-12-25-13-11-24/h6,8,16,22,25-26H,7,9-15,17H2,1-5H3/t22-,31-/m1/s1. The summed E-state index contributed by atoms with van der Waals surface area (Å²) in [6.07, 6.45) is 4.40. The topological polar surface area (TPSA) is 76.7 Å². The van der Waals surface area contributed by atoms with Gasteiger partial charge in [-0.3, -0.25) is 4.79 Å². The summed E-state index contributed by atoms with van der Waals surface area (Å²) in [5.74, 6) is 0.135. The first-order valence-electron chi connectivity index (χ1n) is 11.4. The molecule has 7 heteroatoms. The average molecular weight is 450 g/mol. The highest BCUT2D eigenvalue weighted by atomic mass is 32.2. The summed E-state index contributed by atoms with van der Waals surface area (Å²) < 4.78 is 21.3. The molecule has 0 unspecified atom stereocenters. The van der Waals surface area contributed by atoms with Crippen molar-refractivity contribution in [3.8, 4) is 0 Å². The van der Waals surface area contributed by atoms with Crippen molar-refractivity contribution in [3.05, 3.63) is 34.9 Å². The van der Waals surface area contributed by atoms with Gasteiger partial charge >= 0.3 is 0 Å². The van der Waals surface area contributed by atoms with Crippen LogP contribution in [-0.2, 0) is 33.7 Å². The summed E-state index contributed by atoms with van der Waals surface area (Å²) in [6.45, 7) is 9.22. The van der Waals surface area contributed by atoms with Gasteiger partial charge in [-0.15, -0.1) is 4.72 Å². The highest BCUT2D eigenvalue weighted by molar-refractivity contribution is 7.90. The molecule has 3 rings (SSSR count). The van der Waals surface area contributed by atoms with Crippen molar-refractivity contribution >= 4 is 17.3 Å². The molecule has 0 saturated carbocycles. The molecule has 0 bridgehead atoms. The maximum atomic E-state index is 13.0. The van der Waals surface area contributed by atoms with E-state index in [4.69, 9.17) is 4.74 Å². The van der Waals surface area contributed by atoms with E-state index in [-0.39, 0.29) is 22.1 Å². The van der Waals surface area contributed by atoms with Crippen LogP contribution < -0.4 is 10.0 Å². The smallest absolute Gasteiger partial charge is 0.222 e. The maximum Gasteiger partial charge on any atom is 0.222 e. The molecule has 1 spiro atoms.